The van der Waals surface area contributed by atoms with Gasteiger partial charge < -0.3 is 10.0 Å². The fraction of sp³-hybridized carbons (Fsp3) is 0.161. The van der Waals surface area contributed by atoms with Gasteiger partial charge in [0.15, 0.2) is 0 Å². The Balaban J connectivity index is 1.39. The number of nitrogens with zero attached hydrogens (tertiary/aromatic N) is 7. The molecule has 194 valence electrons. The molecule has 4 aromatic rings. The zero-order valence-corrected chi connectivity index (χ0v) is 22.2. The van der Waals surface area contributed by atoms with Crippen LogP contribution in [0.5, 0.6) is 5.75 Å². The fourth-order valence-electron chi connectivity index (χ4n) is 3.82. The van der Waals surface area contributed by atoms with Crippen LogP contribution in [-0.4, -0.2) is 24.4 Å². The number of anilines is 1. The van der Waals surface area contributed by atoms with Crippen molar-refractivity contribution in [2.45, 2.75) is 20.8 Å². The Labute approximate surface area is 228 Å². The number of benzene rings is 4. The predicted molar refractivity (Wildman–Crippen MR) is 156 cm³/mol. The summed E-state index contributed by atoms with van der Waals surface area (Å²) in [6.45, 7) is 7.89. The Morgan fingerprint density at radius 3 is 1.85 bits per heavy atom. The summed E-state index contributed by atoms with van der Waals surface area (Å²) in [4.78, 5) is 6.70. The maximum Gasteiger partial charge on any atom is 0.126 e. The van der Waals surface area contributed by atoms with Crippen LogP contribution in [0.3, 0.4) is 0 Å². The maximum atomic E-state index is 10.4. The topological polar surface area (TPSA) is 109 Å². The van der Waals surface area contributed by atoms with E-state index in [1.54, 1.807) is 36.5 Å². The highest BCUT2D eigenvalue weighted by Gasteiger charge is 2.06. The summed E-state index contributed by atoms with van der Waals surface area (Å²) < 4.78 is 0. The summed E-state index contributed by atoms with van der Waals surface area (Å²) in [5.74, 6) is 0.201. The Morgan fingerprint density at radius 1 is 0.744 bits per heavy atom. The minimum absolute atomic E-state index is 0.201. The number of aryl methyl sites for hydroxylation is 1. The zero-order chi connectivity index (χ0) is 27.6. The number of phenols is 1. The van der Waals surface area contributed by atoms with Crippen molar-refractivity contribution in [2.24, 2.45) is 25.4 Å². The fourth-order valence-corrected chi connectivity index (χ4v) is 3.82. The lowest BCUT2D eigenvalue weighted by Crippen LogP contribution is -2.21. The number of aromatic hydroxyl groups is 1. The number of hydrogen-bond acceptors (Lipinski definition) is 8. The first-order chi connectivity index (χ1) is 19.0. The molecule has 39 heavy (non-hydrogen) atoms. The van der Waals surface area contributed by atoms with Crippen molar-refractivity contribution in [3.8, 4) is 11.8 Å². The third kappa shape index (κ3) is 7.21. The van der Waals surface area contributed by atoms with Crippen LogP contribution in [0, 0.1) is 18.3 Å². The van der Waals surface area contributed by atoms with Gasteiger partial charge in [0.2, 0.25) is 0 Å². The van der Waals surface area contributed by atoms with E-state index in [1.165, 1.54) is 0 Å². The Bertz CT molecular complexity index is 1550. The van der Waals surface area contributed by atoms with E-state index in [4.69, 9.17) is 5.26 Å². The molecule has 0 unspecified atom stereocenters. The second-order valence-corrected chi connectivity index (χ2v) is 8.72. The first-order valence-corrected chi connectivity index (χ1v) is 12.7. The van der Waals surface area contributed by atoms with Gasteiger partial charge in [-0.15, -0.1) is 0 Å². The molecule has 1 N–H and O–H groups in total. The number of aliphatic imine (C=N–C) groups is 1. The van der Waals surface area contributed by atoms with Crippen molar-refractivity contribution in [1.82, 2.24) is 0 Å². The molecular formula is C31H29N7O. The lowest BCUT2D eigenvalue weighted by Gasteiger charge is -2.21. The molecule has 0 saturated carbocycles. The van der Waals surface area contributed by atoms with Crippen LogP contribution < -0.4 is 4.90 Å². The van der Waals surface area contributed by atoms with E-state index in [1.807, 2.05) is 61.5 Å². The molecule has 0 aromatic heterocycles. The van der Waals surface area contributed by atoms with E-state index in [9.17, 15) is 5.11 Å². The van der Waals surface area contributed by atoms with Crippen LogP contribution in [0.2, 0.25) is 0 Å². The quantitative estimate of drug-likeness (QED) is 0.177. The van der Waals surface area contributed by atoms with Gasteiger partial charge in [0.1, 0.15) is 5.75 Å². The SMILES string of the molecule is CCN(CC)c1ccc(C=Nc2ccc(N=Nc3ccc(N=Nc4ccc(C#N)cc4)cc3)c(C)c2)c(O)c1. The molecule has 4 rings (SSSR count). The lowest BCUT2D eigenvalue weighted by molar-refractivity contribution is 0.474. The average molecular weight is 516 g/mol. The van der Waals surface area contributed by atoms with E-state index >= 15 is 0 Å². The summed E-state index contributed by atoms with van der Waals surface area (Å²) >= 11 is 0. The molecule has 0 radical (unpaired) electrons. The van der Waals surface area contributed by atoms with Gasteiger partial charge in [-0.25, -0.2) is 0 Å². The molecular weight excluding hydrogens is 486 g/mol. The number of phenolic OH excluding ortho intramolecular Hbond substituents is 1. The van der Waals surface area contributed by atoms with E-state index in [0.717, 1.165) is 35.7 Å². The van der Waals surface area contributed by atoms with Gasteiger partial charge in [-0.1, -0.05) is 0 Å². The Kier molecular flexibility index (Phi) is 8.88. The highest BCUT2D eigenvalue weighted by atomic mass is 16.3. The van der Waals surface area contributed by atoms with Crippen LogP contribution in [0.15, 0.2) is 110 Å². The Hall–Kier alpha value is -5.16. The van der Waals surface area contributed by atoms with Gasteiger partial charge in [-0.05, 0) is 105 Å². The van der Waals surface area contributed by atoms with Gasteiger partial charge in [0, 0.05) is 36.6 Å². The molecule has 0 saturated heterocycles. The highest BCUT2D eigenvalue weighted by Crippen LogP contribution is 2.28. The molecule has 0 spiro atoms. The van der Waals surface area contributed by atoms with Gasteiger partial charge in [0.25, 0.3) is 0 Å². The van der Waals surface area contributed by atoms with Crippen LogP contribution in [-0.2, 0) is 0 Å². The standard InChI is InChI=1S/C31H29N7O/c1-4-38(5-2)29-16-8-24(31(39)19-29)21-33-28-15-17-30(22(3)18-28)37-36-27-13-11-26(12-14-27)35-34-25-9-6-23(20-32)7-10-25/h6-19,21,39H,4-5H2,1-3H3. The molecule has 4 aromatic carbocycles. The van der Waals surface area contributed by atoms with Crippen LogP contribution in [0.25, 0.3) is 0 Å². The predicted octanol–water partition coefficient (Wildman–Crippen LogP) is 9.00. The van der Waals surface area contributed by atoms with Crippen molar-refractivity contribution in [1.29, 1.82) is 5.26 Å². The summed E-state index contributed by atoms with van der Waals surface area (Å²) in [7, 11) is 0. The summed E-state index contributed by atoms with van der Waals surface area (Å²) in [6, 6.07) is 27.6. The van der Waals surface area contributed by atoms with Crippen molar-refractivity contribution in [2.75, 3.05) is 18.0 Å². The molecule has 0 atom stereocenters. The largest absolute Gasteiger partial charge is 0.507 e. The number of rotatable bonds is 9. The number of hydrogen-bond donors (Lipinski definition) is 1. The van der Waals surface area contributed by atoms with E-state index < -0.39 is 0 Å². The number of nitriles is 1. The van der Waals surface area contributed by atoms with Gasteiger partial charge >= 0.3 is 0 Å². The summed E-state index contributed by atoms with van der Waals surface area (Å²) in [6.07, 6.45) is 1.66. The second kappa shape index (κ2) is 12.9. The third-order valence-electron chi connectivity index (χ3n) is 6.08. The molecule has 0 aliphatic carbocycles. The summed E-state index contributed by atoms with van der Waals surface area (Å²) in [5, 5.41) is 36.4. The third-order valence-corrected chi connectivity index (χ3v) is 6.08. The molecule has 0 fully saturated rings. The Morgan fingerprint density at radius 2 is 1.31 bits per heavy atom. The van der Waals surface area contributed by atoms with E-state index in [0.29, 0.717) is 28.2 Å². The maximum absolute atomic E-state index is 10.4. The summed E-state index contributed by atoms with van der Waals surface area (Å²) in [5.41, 5.74) is 6.71. The molecule has 0 aliphatic heterocycles. The zero-order valence-electron chi connectivity index (χ0n) is 22.2. The molecule has 8 nitrogen and oxygen atoms in total. The van der Waals surface area contributed by atoms with Crippen LogP contribution in [0.4, 0.5) is 34.1 Å². The number of azo groups is 2. The minimum Gasteiger partial charge on any atom is -0.507 e. The van der Waals surface area contributed by atoms with Crippen molar-refractivity contribution >= 4 is 40.3 Å². The van der Waals surface area contributed by atoms with Gasteiger partial charge in [-0.3, -0.25) is 4.99 Å². The molecule has 0 heterocycles. The van der Waals surface area contributed by atoms with Crippen LogP contribution in [0.1, 0.15) is 30.5 Å². The minimum atomic E-state index is 0.201. The van der Waals surface area contributed by atoms with Crippen molar-refractivity contribution < 1.29 is 5.11 Å². The van der Waals surface area contributed by atoms with Gasteiger partial charge in [-0.2, -0.15) is 25.7 Å². The van der Waals surface area contributed by atoms with Crippen molar-refractivity contribution in [3.05, 3.63) is 102 Å². The molecule has 0 amide bonds. The first kappa shape index (κ1) is 26.9. The molecule has 0 bridgehead atoms. The normalized spacial score (nSPS) is 11.4. The molecule has 8 heteroatoms. The average Bonchev–Trinajstić information content (AvgIpc) is 2.96. The van der Waals surface area contributed by atoms with E-state index in [-0.39, 0.29) is 5.75 Å². The highest BCUT2D eigenvalue weighted by molar-refractivity contribution is 5.86. The van der Waals surface area contributed by atoms with Gasteiger partial charge in [0.05, 0.1) is 40.1 Å². The smallest absolute Gasteiger partial charge is 0.126 e. The monoisotopic (exact) mass is 515 g/mol. The van der Waals surface area contributed by atoms with E-state index in [2.05, 4.69) is 50.3 Å². The first-order valence-electron chi connectivity index (χ1n) is 12.7. The molecule has 0 aliphatic rings. The lowest BCUT2D eigenvalue weighted by atomic mass is 10.1. The van der Waals surface area contributed by atoms with Crippen molar-refractivity contribution in [3.63, 3.8) is 0 Å². The van der Waals surface area contributed by atoms with Crippen LogP contribution >= 0.6 is 0 Å². The second-order valence-electron chi connectivity index (χ2n) is 8.72.